The lowest BCUT2D eigenvalue weighted by Crippen LogP contribution is -2.71. The van der Waals surface area contributed by atoms with Gasteiger partial charge in [0, 0.05) is 61.1 Å². The lowest BCUT2D eigenvalue weighted by Gasteiger charge is -2.55. The second-order valence-corrected chi connectivity index (χ2v) is 19.1. The fourth-order valence-corrected chi connectivity index (χ4v) is 12.1. The summed E-state index contributed by atoms with van der Waals surface area (Å²) in [6, 6.07) is 15.6. The molecule has 14 nitrogen and oxygen atoms in total. The number of H-pyrrole nitrogens is 2. The molecule has 4 fully saturated rings. The first-order valence-corrected chi connectivity index (χ1v) is 22.2. The first-order valence-electron chi connectivity index (χ1n) is 22.2. The van der Waals surface area contributed by atoms with Gasteiger partial charge < -0.3 is 40.3 Å². The lowest BCUT2D eigenvalue weighted by molar-refractivity contribution is 0.0339. The van der Waals surface area contributed by atoms with Crippen molar-refractivity contribution in [3.63, 3.8) is 0 Å². The van der Waals surface area contributed by atoms with E-state index >= 15 is 0 Å². The van der Waals surface area contributed by atoms with Crippen LogP contribution in [0.1, 0.15) is 80.0 Å². The average molecular weight is 841 g/mol. The quantitative estimate of drug-likeness (QED) is 0.161. The second kappa shape index (κ2) is 12.9. The van der Waals surface area contributed by atoms with E-state index in [1.165, 1.54) is 0 Å². The Balaban J connectivity index is 0.000000128. The van der Waals surface area contributed by atoms with Gasteiger partial charge in [0.1, 0.15) is 11.5 Å². The van der Waals surface area contributed by atoms with Gasteiger partial charge in [0.25, 0.3) is 11.8 Å². The molecular formula is C49H48N10O4. The number of hydrogen-bond acceptors (Lipinski definition) is 10. The molecule has 0 radical (unpaired) electrons. The Labute approximate surface area is 364 Å². The van der Waals surface area contributed by atoms with Crippen molar-refractivity contribution >= 4 is 11.8 Å². The SMILES string of the molecule is COc1ccc(-c2ncc3c(n2)-c2[nH]c4c(c2CC3)C(=O)NC2(CC2)C42CN(C)C2)cc1.COc1ccc(-c2ncc3c(n2)-c2[nH]c4c(c2CC3)C(=O)NC2(CC2)C42CNC2)cc1. The summed E-state index contributed by atoms with van der Waals surface area (Å²) in [5.74, 6) is 3.15. The van der Waals surface area contributed by atoms with Crippen LogP contribution in [-0.2, 0) is 36.5 Å². The first kappa shape index (κ1) is 37.2. The molecule has 14 rings (SSSR count). The number of nitrogens with zero attached hydrogens (tertiary/aromatic N) is 5. The van der Waals surface area contributed by atoms with Gasteiger partial charge >= 0.3 is 0 Å². The third-order valence-electron chi connectivity index (χ3n) is 15.8. The van der Waals surface area contributed by atoms with Crippen LogP contribution >= 0.6 is 0 Å². The molecule has 8 aliphatic rings. The summed E-state index contributed by atoms with van der Waals surface area (Å²) in [7, 11) is 5.47. The van der Waals surface area contributed by atoms with E-state index < -0.39 is 0 Å². The normalized spacial score (nSPS) is 21.2. The number of aryl methyl sites for hydroxylation is 2. The molecule has 0 bridgehead atoms. The van der Waals surface area contributed by atoms with Crippen LogP contribution in [0.4, 0.5) is 0 Å². The number of amides is 2. The van der Waals surface area contributed by atoms with Crippen LogP contribution in [0.15, 0.2) is 60.9 Å². The highest BCUT2D eigenvalue weighted by molar-refractivity contribution is 6.03. The topological polar surface area (TPSA) is 175 Å². The number of nitrogens with one attached hydrogen (secondary N) is 5. The van der Waals surface area contributed by atoms with Crippen LogP contribution in [0, 0.1) is 0 Å². The number of rotatable bonds is 4. The maximum atomic E-state index is 13.3. The molecule has 4 spiro atoms. The number of benzene rings is 2. The number of aromatic amines is 2. The molecule has 4 aliphatic carbocycles. The lowest BCUT2D eigenvalue weighted by atomic mass is 9.65. The summed E-state index contributed by atoms with van der Waals surface area (Å²) < 4.78 is 10.5. The standard InChI is InChI=1S/C25H25N5O2.C24H23N5O2/c1-30-12-24(13-30)21-18(23(31)29-25(24)9-10-25)17-8-5-15-11-26-22(28-19(15)20(17)27-21)14-3-6-16(32-2)7-4-14;1-31-15-5-2-13(3-6-15)21-26-10-14-4-7-16-17-20(27-19(16)18(14)28-21)23(11-25-12-23)24(8-9-24)29-22(17)30/h3-4,6-7,11,27H,5,8-10,12-13H2,1-2H3,(H,29,31);2-3,5-6,10,25,27H,4,7-9,11-12H2,1H3,(H,29,30). The maximum absolute atomic E-state index is 13.3. The molecule has 2 amide bonds. The van der Waals surface area contributed by atoms with Crippen molar-refractivity contribution in [3.05, 3.63) is 106 Å². The van der Waals surface area contributed by atoms with Gasteiger partial charge in [-0.25, -0.2) is 19.9 Å². The van der Waals surface area contributed by atoms with Crippen molar-refractivity contribution in [3.8, 4) is 57.1 Å². The van der Waals surface area contributed by atoms with E-state index in [-0.39, 0.29) is 33.7 Å². The van der Waals surface area contributed by atoms with Gasteiger partial charge in [0.2, 0.25) is 0 Å². The molecule has 0 atom stereocenters. The van der Waals surface area contributed by atoms with Crippen LogP contribution in [0.5, 0.6) is 11.5 Å². The number of carbonyl (C=O) groups excluding carboxylic acids is 2. The van der Waals surface area contributed by atoms with E-state index in [1.54, 1.807) is 14.2 Å². The van der Waals surface area contributed by atoms with Crippen LogP contribution in [0.2, 0.25) is 0 Å². The van der Waals surface area contributed by atoms with Crippen molar-refractivity contribution in [2.45, 2.75) is 73.3 Å². The van der Waals surface area contributed by atoms with Crippen LogP contribution < -0.4 is 25.4 Å². The highest BCUT2D eigenvalue weighted by Gasteiger charge is 2.69. The van der Waals surface area contributed by atoms with Crippen LogP contribution in [-0.4, -0.2) is 105 Å². The molecule has 2 aromatic carbocycles. The molecule has 6 aromatic rings. The molecule has 14 heteroatoms. The van der Waals surface area contributed by atoms with Gasteiger partial charge in [0.15, 0.2) is 11.6 Å². The summed E-state index contributed by atoms with van der Waals surface area (Å²) in [4.78, 5) is 55.4. The Bertz CT molecular complexity index is 2930. The molecule has 0 unspecified atom stereocenters. The van der Waals surface area contributed by atoms with Crippen molar-refractivity contribution in [2.75, 3.05) is 47.4 Å². The predicted octanol–water partition coefficient (Wildman–Crippen LogP) is 5.07. The Morgan fingerprint density at radius 2 is 1.05 bits per heavy atom. The van der Waals surface area contributed by atoms with Crippen molar-refractivity contribution in [1.29, 1.82) is 0 Å². The zero-order valence-electron chi connectivity index (χ0n) is 35.6. The molecule has 2 saturated heterocycles. The van der Waals surface area contributed by atoms with Crippen molar-refractivity contribution in [1.82, 2.24) is 50.8 Å². The third kappa shape index (κ3) is 5.07. The minimum absolute atomic E-state index is 0.00561. The minimum Gasteiger partial charge on any atom is -0.497 e. The van der Waals surface area contributed by atoms with Gasteiger partial charge in [0.05, 0.1) is 70.0 Å². The number of fused-ring (bicyclic) bond motifs is 14. The van der Waals surface area contributed by atoms with Gasteiger partial charge in [-0.15, -0.1) is 0 Å². The number of methoxy groups -OCH3 is 2. The van der Waals surface area contributed by atoms with E-state index in [0.29, 0.717) is 11.6 Å². The number of likely N-dealkylation sites (N-methyl/N-ethyl adjacent to an activating group) is 1. The zero-order valence-corrected chi connectivity index (χ0v) is 35.6. The number of carbonyl (C=O) groups is 2. The largest absolute Gasteiger partial charge is 0.497 e. The van der Waals surface area contributed by atoms with Crippen LogP contribution in [0.3, 0.4) is 0 Å². The number of likely N-dealkylation sites (tertiary alicyclic amines) is 1. The Kier molecular flexibility index (Phi) is 7.59. The zero-order chi connectivity index (χ0) is 42.5. The predicted molar refractivity (Wildman–Crippen MR) is 235 cm³/mol. The molecule has 5 N–H and O–H groups in total. The van der Waals surface area contributed by atoms with E-state index in [2.05, 4.69) is 47.8 Å². The molecule has 8 heterocycles. The summed E-state index contributed by atoms with van der Waals surface area (Å²) in [5.41, 5.74) is 14.1. The van der Waals surface area contributed by atoms with E-state index in [1.807, 2.05) is 60.9 Å². The van der Waals surface area contributed by atoms with Crippen LogP contribution in [0.25, 0.3) is 45.6 Å². The fourth-order valence-electron chi connectivity index (χ4n) is 12.1. The summed E-state index contributed by atoms with van der Waals surface area (Å²) in [6.07, 6.45) is 11.5. The smallest absolute Gasteiger partial charge is 0.253 e. The van der Waals surface area contributed by atoms with Gasteiger partial charge in [-0.05, 0) is 129 Å². The Morgan fingerprint density at radius 3 is 1.44 bits per heavy atom. The number of ether oxygens (including phenoxy) is 2. The first-order chi connectivity index (χ1) is 30.7. The number of aromatic nitrogens is 6. The Morgan fingerprint density at radius 1 is 0.603 bits per heavy atom. The molecule has 63 heavy (non-hydrogen) atoms. The molecule has 4 aromatic heterocycles. The summed E-state index contributed by atoms with van der Waals surface area (Å²) in [6.45, 7) is 3.78. The monoisotopic (exact) mass is 840 g/mol. The van der Waals surface area contributed by atoms with Gasteiger partial charge in [-0.3, -0.25) is 9.59 Å². The summed E-state index contributed by atoms with van der Waals surface area (Å²) in [5, 5.41) is 10.3. The van der Waals surface area contributed by atoms with E-state index in [4.69, 9.17) is 19.4 Å². The third-order valence-corrected chi connectivity index (χ3v) is 15.8. The highest BCUT2D eigenvalue weighted by atomic mass is 16.5. The average Bonchev–Trinajstić information content (AvgIpc) is 4.15. The van der Waals surface area contributed by atoms with Gasteiger partial charge in [-0.2, -0.15) is 0 Å². The highest BCUT2D eigenvalue weighted by Crippen LogP contribution is 2.60. The molecule has 4 aliphatic heterocycles. The fraction of sp³-hybridized carbons (Fsp3) is 0.388. The van der Waals surface area contributed by atoms with Crippen molar-refractivity contribution in [2.24, 2.45) is 0 Å². The summed E-state index contributed by atoms with van der Waals surface area (Å²) >= 11 is 0. The molecule has 318 valence electrons. The van der Waals surface area contributed by atoms with Gasteiger partial charge in [-0.1, -0.05) is 0 Å². The van der Waals surface area contributed by atoms with E-state index in [0.717, 1.165) is 168 Å². The van der Waals surface area contributed by atoms with E-state index in [9.17, 15) is 9.59 Å². The Hall–Kier alpha value is -6.38. The number of hydrogen-bond donors (Lipinski definition) is 5. The molecular weight excluding hydrogens is 793 g/mol. The minimum atomic E-state index is -0.0709. The molecule has 2 saturated carbocycles. The van der Waals surface area contributed by atoms with Crippen molar-refractivity contribution < 1.29 is 19.1 Å². The second-order valence-electron chi connectivity index (χ2n) is 19.1. The maximum Gasteiger partial charge on any atom is 0.253 e.